The van der Waals surface area contributed by atoms with E-state index in [9.17, 15) is 5.26 Å². The molecule has 3 aliphatic heterocycles. The van der Waals surface area contributed by atoms with Gasteiger partial charge in [0.15, 0.2) is 0 Å². The van der Waals surface area contributed by atoms with E-state index in [0.29, 0.717) is 30.6 Å². The maximum atomic E-state index is 9.79. The molecule has 0 spiro atoms. The van der Waals surface area contributed by atoms with Gasteiger partial charge in [-0.25, -0.2) is 0 Å². The van der Waals surface area contributed by atoms with Gasteiger partial charge < -0.3 is 19.2 Å². The molecule has 2 saturated heterocycles. The van der Waals surface area contributed by atoms with Crippen molar-refractivity contribution in [3.63, 3.8) is 0 Å². The molecular weight excluding hydrogens is 414 g/mol. The minimum Gasteiger partial charge on any atom is -0.489 e. The Morgan fingerprint density at radius 2 is 1.94 bits per heavy atom. The van der Waals surface area contributed by atoms with Gasteiger partial charge in [0.05, 0.1) is 38.0 Å². The van der Waals surface area contributed by atoms with Crippen LogP contribution in [0.2, 0.25) is 0 Å². The number of rotatable bonds is 5. The summed E-state index contributed by atoms with van der Waals surface area (Å²) < 4.78 is 16.9. The summed E-state index contributed by atoms with van der Waals surface area (Å²) in [6.07, 6.45) is 4.15. The van der Waals surface area contributed by atoms with Gasteiger partial charge in [-0.05, 0) is 41.0 Å². The lowest BCUT2D eigenvalue weighted by molar-refractivity contribution is -0.0547. The second-order valence-electron chi connectivity index (χ2n) is 9.05. The van der Waals surface area contributed by atoms with E-state index >= 15 is 0 Å². The second kappa shape index (κ2) is 8.68. The molecular formula is C27H27N3O3. The van der Waals surface area contributed by atoms with Gasteiger partial charge in [0.25, 0.3) is 0 Å². The number of hydrogen-bond acceptors (Lipinski definition) is 5. The molecule has 168 valence electrons. The summed E-state index contributed by atoms with van der Waals surface area (Å²) in [5.41, 5.74) is 6.32. The number of nitriles is 1. The van der Waals surface area contributed by atoms with Gasteiger partial charge in [-0.3, -0.25) is 4.90 Å². The first kappa shape index (κ1) is 20.5. The number of nitrogens with one attached hydrogen (secondary N) is 1. The molecule has 0 saturated carbocycles. The summed E-state index contributed by atoms with van der Waals surface area (Å²) in [5.74, 6) is 0.659. The van der Waals surface area contributed by atoms with E-state index in [0.717, 1.165) is 55.8 Å². The largest absolute Gasteiger partial charge is 0.489 e. The van der Waals surface area contributed by atoms with E-state index in [4.69, 9.17) is 14.2 Å². The third-order valence-corrected chi connectivity index (χ3v) is 6.97. The second-order valence-corrected chi connectivity index (χ2v) is 9.05. The molecule has 0 bridgehead atoms. The molecule has 0 aliphatic carbocycles. The Morgan fingerprint density at radius 3 is 2.73 bits per heavy atom. The van der Waals surface area contributed by atoms with Crippen LogP contribution in [-0.2, 0) is 9.47 Å². The van der Waals surface area contributed by atoms with Crippen molar-refractivity contribution in [3.05, 3.63) is 59.8 Å². The van der Waals surface area contributed by atoms with Gasteiger partial charge in [0, 0.05) is 42.5 Å². The van der Waals surface area contributed by atoms with E-state index in [2.05, 4.69) is 52.4 Å². The smallest absolute Gasteiger partial charge is 0.137 e. The summed E-state index contributed by atoms with van der Waals surface area (Å²) in [7, 11) is 0. The predicted molar refractivity (Wildman–Crippen MR) is 127 cm³/mol. The molecule has 2 fully saturated rings. The summed E-state index contributed by atoms with van der Waals surface area (Å²) in [4.78, 5) is 6.08. The van der Waals surface area contributed by atoms with Crippen molar-refractivity contribution in [2.75, 3.05) is 39.5 Å². The zero-order chi connectivity index (χ0) is 22.2. The average molecular weight is 442 g/mol. The Bertz CT molecular complexity index is 1250. The molecule has 3 aromatic rings. The number of H-pyrrole nitrogens is 1. The monoisotopic (exact) mass is 441 g/mol. The maximum Gasteiger partial charge on any atom is 0.137 e. The van der Waals surface area contributed by atoms with Crippen LogP contribution in [0.25, 0.3) is 27.6 Å². The molecule has 0 amide bonds. The van der Waals surface area contributed by atoms with Gasteiger partial charge in [-0.15, -0.1) is 0 Å². The maximum absolute atomic E-state index is 9.79. The van der Waals surface area contributed by atoms with Crippen LogP contribution < -0.4 is 4.74 Å². The molecule has 6 heteroatoms. The Morgan fingerprint density at radius 1 is 1.06 bits per heavy atom. The number of hydrogen-bond donors (Lipinski definition) is 1. The number of fused-ring (bicyclic) bond motifs is 1. The zero-order valence-corrected chi connectivity index (χ0v) is 18.5. The molecule has 0 radical (unpaired) electrons. The topological polar surface area (TPSA) is 70.5 Å². The minimum atomic E-state index is 0.109. The molecule has 0 atom stereocenters. The third kappa shape index (κ3) is 3.93. The van der Waals surface area contributed by atoms with Crippen LogP contribution >= 0.6 is 0 Å². The highest BCUT2D eigenvalue weighted by molar-refractivity contribution is 5.97. The molecule has 6 nitrogen and oxygen atoms in total. The summed E-state index contributed by atoms with van der Waals surface area (Å²) >= 11 is 0. The Labute approximate surface area is 193 Å². The first-order chi connectivity index (χ1) is 16.3. The van der Waals surface area contributed by atoms with Gasteiger partial charge in [-0.2, -0.15) is 5.26 Å². The molecule has 3 aliphatic rings. The van der Waals surface area contributed by atoms with Gasteiger partial charge in [0.2, 0.25) is 0 Å². The van der Waals surface area contributed by atoms with Crippen molar-refractivity contribution >= 4 is 16.5 Å². The van der Waals surface area contributed by atoms with Crippen LogP contribution in [0.1, 0.15) is 24.1 Å². The van der Waals surface area contributed by atoms with Crippen LogP contribution in [0.3, 0.4) is 0 Å². The molecule has 1 N–H and O–H groups in total. The highest BCUT2D eigenvalue weighted by atomic mass is 16.5. The normalized spacial score (nSPS) is 19.9. The third-order valence-electron chi connectivity index (χ3n) is 6.97. The molecule has 4 heterocycles. The number of nitrogens with zero attached hydrogens (tertiary/aromatic N) is 2. The average Bonchev–Trinajstić information content (AvgIpc) is 3.46. The summed E-state index contributed by atoms with van der Waals surface area (Å²) in [5, 5.41) is 11.0. The van der Waals surface area contributed by atoms with Crippen molar-refractivity contribution in [3.8, 4) is 22.9 Å². The number of aromatic nitrogens is 1. The van der Waals surface area contributed by atoms with Gasteiger partial charge >= 0.3 is 0 Å². The molecule has 1 aromatic heterocycles. The first-order valence-corrected chi connectivity index (χ1v) is 11.7. The van der Waals surface area contributed by atoms with Crippen molar-refractivity contribution < 1.29 is 14.2 Å². The fraction of sp³-hybridized carbons (Fsp3) is 0.370. The Hall–Kier alpha value is -3.11. The van der Waals surface area contributed by atoms with E-state index in [-0.39, 0.29) is 6.10 Å². The minimum absolute atomic E-state index is 0.109. The fourth-order valence-corrected chi connectivity index (χ4v) is 4.92. The Balaban J connectivity index is 1.28. The zero-order valence-electron chi connectivity index (χ0n) is 18.5. The SMILES string of the molecule is N#Cc1cc(-c2cccc3[nH]c(C4=CCN(C5COC5)C4)cc23)ccc1OC1CCOCC1. The number of aromatic amines is 1. The van der Waals surface area contributed by atoms with Crippen LogP contribution in [0.5, 0.6) is 5.75 Å². The van der Waals surface area contributed by atoms with Crippen LogP contribution in [0, 0.1) is 11.3 Å². The standard InChI is InChI=1S/C27H27N3O3/c28-14-20-12-18(4-5-27(20)33-22-7-10-31-11-8-22)23-2-1-3-25-24(23)13-26(29-25)19-6-9-30(15-19)21-16-32-17-21/h1-6,12-13,21-22,29H,7-11,15-17H2. The van der Waals surface area contributed by atoms with Crippen molar-refractivity contribution in [1.29, 1.82) is 5.26 Å². The van der Waals surface area contributed by atoms with E-state index in [1.54, 1.807) is 0 Å². The van der Waals surface area contributed by atoms with Gasteiger partial charge in [0.1, 0.15) is 17.9 Å². The number of ether oxygens (including phenoxy) is 3. The summed E-state index contributed by atoms with van der Waals surface area (Å²) in [6.45, 7) is 5.04. The first-order valence-electron chi connectivity index (χ1n) is 11.7. The van der Waals surface area contributed by atoms with Gasteiger partial charge in [-0.1, -0.05) is 24.3 Å². The molecule has 0 unspecified atom stereocenters. The number of benzene rings is 2. The Kier molecular flexibility index (Phi) is 5.39. The molecule has 2 aromatic carbocycles. The summed E-state index contributed by atoms with van der Waals surface area (Å²) in [6, 6.07) is 17.4. The highest BCUT2D eigenvalue weighted by Crippen LogP contribution is 2.35. The van der Waals surface area contributed by atoms with Crippen LogP contribution in [0.4, 0.5) is 0 Å². The lowest BCUT2D eigenvalue weighted by Gasteiger charge is -2.34. The molecule has 6 rings (SSSR count). The van der Waals surface area contributed by atoms with Crippen molar-refractivity contribution in [2.24, 2.45) is 0 Å². The van der Waals surface area contributed by atoms with E-state index < -0.39 is 0 Å². The predicted octanol–water partition coefficient (Wildman–Crippen LogP) is 4.36. The molecule has 33 heavy (non-hydrogen) atoms. The highest BCUT2D eigenvalue weighted by Gasteiger charge is 2.29. The van der Waals surface area contributed by atoms with Crippen molar-refractivity contribution in [1.82, 2.24) is 9.88 Å². The van der Waals surface area contributed by atoms with Crippen LogP contribution in [-0.4, -0.2) is 61.5 Å². The quantitative estimate of drug-likeness (QED) is 0.637. The fourth-order valence-electron chi connectivity index (χ4n) is 4.92. The lowest BCUT2D eigenvalue weighted by Crippen LogP contribution is -2.47. The van der Waals surface area contributed by atoms with Crippen molar-refractivity contribution in [2.45, 2.75) is 25.0 Å². The van der Waals surface area contributed by atoms with E-state index in [1.165, 1.54) is 16.7 Å². The van der Waals surface area contributed by atoms with E-state index in [1.807, 2.05) is 12.1 Å². The van der Waals surface area contributed by atoms with Crippen LogP contribution in [0.15, 0.2) is 48.5 Å². The lowest BCUT2D eigenvalue weighted by atomic mass is 9.99.